The summed E-state index contributed by atoms with van der Waals surface area (Å²) >= 11 is 1.63. The highest BCUT2D eigenvalue weighted by Gasteiger charge is 2.07. The molecule has 24 heavy (non-hydrogen) atoms. The number of carbonyl (C=O) groups is 1. The van der Waals surface area contributed by atoms with Gasteiger partial charge in [0.1, 0.15) is 0 Å². The summed E-state index contributed by atoms with van der Waals surface area (Å²) in [7, 11) is 5.24. The molecule has 0 fully saturated rings. The van der Waals surface area contributed by atoms with Crippen molar-refractivity contribution < 1.29 is 4.79 Å². The van der Waals surface area contributed by atoms with E-state index >= 15 is 0 Å². The first-order valence-electron chi connectivity index (χ1n) is 7.65. The Morgan fingerprint density at radius 2 is 1.88 bits per heavy atom. The third kappa shape index (κ3) is 4.79. The zero-order valence-corrected chi connectivity index (χ0v) is 15.3. The summed E-state index contributed by atoms with van der Waals surface area (Å²) in [4.78, 5) is 23.1. The molecule has 0 unspecified atom stereocenters. The number of amides is 1. The summed E-state index contributed by atoms with van der Waals surface area (Å²) in [5.41, 5.74) is 4.66. The Labute approximate surface area is 146 Å². The summed E-state index contributed by atoms with van der Waals surface area (Å²) in [5, 5.41) is 6.54. The fourth-order valence-electron chi connectivity index (χ4n) is 2.09. The van der Waals surface area contributed by atoms with E-state index in [0.29, 0.717) is 18.7 Å². The number of aryl methyl sites for hydroxylation is 1. The summed E-state index contributed by atoms with van der Waals surface area (Å²) in [6, 6.07) is 7.58. The highest BCUT2D eigenvalue weighted by molar-refractivity contribution is 7.09. The Kier molecular flexibility index (Phi) is 6.31. The number of aromatic nitrogens is 1. The third-order valence-electron chi connectivity index (χ3n) is 3.55. The lowest BCUT2D eigenvalue weighted by Crippen LogP contribution is -2.36. The monoisotopic (exact) mass is 345 g/mol. The molecular weight excluding hydrogens is 322 g/mol. The minimum atomic E-state index is 0.00640. The number of benzene rings is 1. The van der Waals surface area contributed by atoms with Crippen molar-refractivity contribution in [3.8, 4) is 0 Å². The quantitative estimate of drug-likeness (QED) is 0.642. The molecule has 128 valence electrons. The standard InChI is InChI=1S/C17H23N5OS/c1-12-15(24-11-21-12)10-20-17(18-2)19-9-13-5-7-14(8-6-13)16(23)22(3)4/h5-8,11H,9-10H2,1-4H3,(H2,18,19,20). The molecule has 0 atom stereocenters. The second-order valence-corrected chi connectivity index (χ2v) is 6.48. The molecule has 0 saturated carbocycles. The number of rotatable bonds is 5. The van der Waals surface area contributed by atoms with Gasteiger partial charge in [-0.15, -0.1) is 11.3 Å². The largest absolute Gasteiger partial charge is 0.352 e. The number of nitrogens with zero attached hydrogens (tertiary/aromatic N) is 3. The van der Waals surface area contributed by atoms with E-state index in [9.17, 15) is 4.79 Å². The van der Waals surface area contributed by atoms with Gasteiger partial charge in [0.15, 0.2) is 5.96 Å². The molecule has 7 heteroatoms. The molecule has 0 aliphatic heterocycles. The third-order valence-corrected chi connectivity index (χ3v) is 4.49. The van der Waals surface area contributed by atoms with Gasteiger partial charge in [-0.05, 0) is 24.6 Å². The Hall–Kier alpha value is -2.41. The van der Waals surface area contributed by atoms with E-state index < -0.39 is 0 Å². The van der Waals surface area contributed by atoms with Crippen LogP contribution in [0.4, 0.5) is 0 Å². The van der Waals surface area contributed by atoms with Gasteiger partial charge in [-0.3, -0.25) is 9.79 Å². The van der Waals surface area contributed by atoms with Gasteiger partial charge in [0, 0.05) is 38.1 Å². The molecule has 0 radical (unpaired) electrons. The average Bonchev–Trinajstić information content (AvgIpc) is 3.00. The number of guanidine groups is 1. The number of hydrogen-bond acceptors (Lipinski definition) is 4. The molecule has 0 aliphatic rings. The minimum absolute atomic E-state index is 0.00640. The van der Waals surface area contributed by atoms with Crippen LogP contribution in [0.1, 0.15) is 26.5 Å². The predicted octanol–water partition coefficient (Wildman–Crippen LogP) is 2.02. The maximum Gasteiger partial charge on any atom is 0.253 e. The summed E-state index contributed by atoms with van der Waals surface area (Å²) in [6.45, 7) is 3.34. The van der Waals surface area contributed by atoms with Crippen molar-refractivity contribution in [2.24, 2.45) is 4.99 Å². The smallest absolute Gasteiger partial charge is 0.253 e. The van der Waals surface area contributed by atoms with Gasteiger partial charge in [0.25, 0.3) is 5.91 Å². The van der Waals surface area contributed by atoms with Gasteiger partial charge in [-0.2, -0.15) is 0 Å². The lowest BCUT2D eigenvalue weighted by molar-refractivity contribution is 0.0827. The van der Waals surface area contributed by atoms with Crippen LogP contribution in [-0.2, 0) is 13.1 Å². The van der Waals surface area contributed by atoms with E-state index in [1.54, 1.807) is 37.4 Å². The van der Waals surface area contributed by atoms with Crippen LogP contribution < -0.4 is 10.6 Å². The first-order chi connectivity index (χ1) is 11.5. The van der Waals surface area contributed by atoms with Crippen LogP contribution >= 0.6 is 11.3 Å². The summed E-state index contributed by atoms with van der Waals surface area (Å²) in [5.74, 6) is 0.739. The molecule has 0 spiro atoms. The fraction of sp³-hybridized carbons (Fsp3) is 0.353. The molecule has 1 amide bonds. The molecular formula is C17H23N5OS. The topological polar surface area (TPSA) is 69.6 Å². The van der Waals surface area contributed by atoms with Crippen molar-refractivity contribution in [3.63, 3.8) is 0 Å². The van der Waals surface area contributed by atoms with Crippen LogP contribution in [0.25, 0.3) is 0 Å². The Balaban J connectivity index is 1.87. The second kappa shape index (κ2) is 8.44. The Bertz CT molecular complexity index is 706. The van der Waals surface area contributed by atoms with E-state index in [0.717, 1.165) is 17.2 Å². The molecule has 2 rings (SSSR count). The molecule has 2 N–H and O–H groups in total. The van der Waals surface area contributed by atoms with Crippen molar-refractivity contribution in [1.82, 2.24) is 20.5 Å². The fourth-order valence-corrected chi connectivity index (χ4v) is 2.81. The number of aliphatic imine (C=N–C) groups is 1. The first-order valence-corrected chi connectivity index (χ1v) is 8.53. The number of carbonyl (C=O) groups excluding carboxylic acids is 1. The molecule has 0 aliphatic carbocycles. The number of nitrogens with one attached hydrogen (secondary N) is 2. The lowest BCUT2D eigenvalue weighted by Gasteiger charge is -2.13. The van der Waals surface area contributed by atoms with Crippen molar-refractivity contribution in [2.75, 3.05) is 21.1 Å². The SMILES string of the molecule is CN=C(NCc1ccc(C(=O)N(C)C)cc1)NCc1scnc1C. The van der Waals surface area contributed by atoms with Gasteiger partial charge in [-0.25, -0.2) is 4.98 Å². The average molecular weight is 345 g/mol. The van der Waals surface area contributed by atoms with Crippen LogP contribution in [0, 0.1) is 6.92 Å². The Morgan fingerprint density at radius 1 is 1.21 bits per heavy atom. The van der Waals surface area contributed by atoms with Gasteiger partial charge < -0.3 is 15.5 Å². The summed E-state index contributed by atoms with van der Waals surface area (Å²) in [6.07, 6.45) is 0. The predicted molar refractivity (Wildman–Crippen MR) is 98.3 cm³/mol. The van der Waals surface area contributed by atoms with Crippen LogP contribution in [0.3, 0.4) is 0 Å². The van der Waals surface area contributed by atoms with Gasteiger partial charge in [0.2, 0.25) is 0 Å². The number of thiazole rings is 1. The lowest BCUT2D eigenvalue weighted by atomic mass is 10.1. The van der Waals surface area contributed by atoms with E-state index in [4.69, 9.17) is 0 Å². The molecule has 1 heterocycles. The minimum Gasteiger partial charge on any atom is -0.352 e. The van der Waals surface area contributed by atoms with Gasteiger partial charge in [-0.1, -0.05) is 12.1 Å². The maximum atomic E-state index is 11.9. The first kappa shape index (κ1) is 17.9. The second-order valence-electron chi connectivity index (χ2n) is 5.54. The Morgan fingerprint density at radius 3 is 2.42 bits per heavy atom. The van der Waals surface area contributed by atoms with E-state index in [1.807, 2.05) is 36.7 Å². The maximum absolute atomic E-state index is 11.9. The van der Waals surface area contributed by atoms with E-state index in [2.05, 4.69) is 20.6 Å². The normalized spacial score (nSPS) is 11.2. The number of hydrogen-bond donors (Lipinski definition) is 2. The van der Waals surface area contributed by atoms with E-state index in [1.165, 1.54) is 4.88 Å². The van der Waals surface area contributed by atoms with Gasteiger partial charge >= 0.3 is 0 Å². The van der Waals surface area contributed by atoms with Gasteiger partial charge in [0.05, 0.1) is 17.7 Å². The van der Waals surface area contributed by atoms with Crippen molar-refractivity contribution >= 4 is 23.2 Å². The highest BCUT2D eigenvalue weighted by atomic mass is 32.1. The van der Waals surface area contributed by atoms with Crippen molar-refractivity contribution in [1.29, 1.82) is 0 Å². The van der Waals surface area contributed by atoms with Crippen molar-refractivity contribution in [3.05, 3.63) is 51.5 Å². The zero-order chi connectivity index (χ0) is 17.5. The van der Waals surface area contributed by atoms with Crippen LogP contribution in [0.15, 0.2) is 34.8 Å². The molecule has 2 aromatic rings. The van der Waals surface area contributed by atoms with Crippen LogP contribution in [-0.4, -0.2) is 42.9 Å². The molecule has 0 saturated heterocycles. The molecule has 1 aromatic carbocycles. The van der Waals surface area contributed by atoms with E-state index in [-0.39, 0.29) is 5.91 Å². The van der Waals surface area contributed by atoms with Crippen LogP contribution in [0.5, 0.6) is 0 Å². The molecule has 6 nitrogen and oxygen atoms in total. The zero-order valence-electron chi connectivity index (χ0n) is 14.5. The molecule has 1 aromatic heterocycles. The molecule has 0 bridgehead atoms. The van der Waals surface area contributed by atoms with Crippen molar-refractivity contribution in [2.45, 2.75) is 20.0 Å². The van der Waals surface area contributed by atoms with Crippen LogP contribution in [0.2, 0.25) is 0 Å². The summed E-state index contributed by atoms with van der Waals surface area (Å²) < 4.78 is 0. The highest BCUT2D eigenvalue weighted by Crippen LogP contribution is 2.11.